The molecular formula is C14H16N2O. The summed E-state index contributed by atoms with van der Waals surface area (Å²) < 4.78 is 0. The Hall–Kier alpha value is -1.44. The maximum atomic E-state index is 10.6. The Balaban J connectivity index is 2.00. The van der Waals surface area contributed by atoms with E-state index in [-0.39, 0.29) is 5.54 Å². The Morgan fingerprint density at radius 3 is 2.71 bits per heavy atom. The first kappa shape index (κ1) is 10.7. The van der Waals surface area contributed by atoms with Gasteiger partial charge in [-0.1, -0.05) is 18.2 Å². The quantitative estimate of drug-likeness (QED) is 0.575. The zero-order valence-corrected chi connectivity index (χ0v) is 10.1. The second kappa shape index (κ2) is 3.80. The minimum absolute atomic E-state index is 0.252. The van der Waals surface area contributed by atoms with Gasteiger partial charge in [-0.15, -0.1) is 0 Å². The summed E-state index contributed by atoms with van der Waals surface area (Å²) in [5.41, 5.74) is 3.73. The lowest BCUT2D eigenvalue weighted by atomic mass is 9.72. The minimum Gasteiger partial charge on any atom is -0.298 e. The number of hydrogen-bond acceptors (Lipinski definition) is 3. The Bertz CT molecular complexity index is 499. The minimum atomic E-state index is -0.252. The molecule has 1 saturated carbocycles. The highest BCUT2D eigenvalue weighted by Crippen LogP contribution is 2.45. The predicted molar refractivity (Wildman–Crippen MR) is 65.3 cm³/mol. The molecular weight excluding hydrogens is 212 g/mol. The van der Waals surface area contributed by atoms with Crippen molar-refractivity contribution in [3.05, 3.63) is 34.9 Å². The van der Waals surface area contributed by atoms with Gasteiger partial charge in [-0.2, -0.15) is 4.99 Å². The highest BCUT2D eigenvalue weighted by Gasteiger charge is 2.39. The molecule has 1 aromatic carbocycles. The number of aliphatic imine (C=N–C) groups is 1. The lowest BCUT2D eigenvalue weighted by molar-refractivity contribution is 0.255. The molecule has 1 heterocycles. The largest absolute Gasteiger partial charge is 0.298 e. The van der Waals surface area contributed by atoms with E-state index in [1.54, 1.807) is 6.08 Å². The summed E-state index contributed by atoms with van der Waals surface area (Å²) in [4.78, 5) is 16.9. The average Bonchev–Trinajstić information content (AvgIpc) is 2.62. The van der Waals surface area contributed by atoms with E-state index in [1.807, 2.05) is 0 Å². The Morgan fingerprint density at radius 2 is 2.06 bits per heavy atom. The fraction of sp³-hybridized carbons (Fsp3) is 0.500. The molecule has 0 N–H and O–H groups in total. The van der Waals surface area contributed by atoms with Crippen molar-refractivity contribution in [1.82, 2.24) is 4.90 Å². The summed E-state index contributed by atoms with van der Waals surface area (Å²) in [5.74, 6) is 0. The zero-order valence-electron chi connectivity index (χ0n) is 10.1. The van der Waals surface area contributed by atoms with Gasteiger partial charge in [0, 0.05) is 13.1 Å². The second-order valence-electron chi connectivity index (χ2n) is 5.24. The van der Waals surface area contributed by atoms with Gasteiger partial charge in [0.25, 0.3) is 0 Å². The molecule has 3 rings (SSSR count). The molecule has 0 unspecified atom stereocenters. The summed E-state index contributed by atoms with van der Waals surface area (Å²) in [7, 11) is 2.13. The van der Waals surface area contributed by atoms with Crippen LogP contribution in [0.25, 0.3) is 0 Å². The molecule has 1 fully saturated rings. The molecule has 0 atom stereocenters. The van der Waals surface area contributed by atoms with Gasteiger partial charge in [-0.25, -0.2) is 4.79 Å². The third kappa shape index (κ3) is 1.63. The summed E-state index contributed by atoms with van der Waals surface area (Å²) in [5, 5.41) is 0. The summed E-state index contributed by atoms with van der Waals surface area (Å²) >= 11 is 0. The number of fused-ring (bicyclic) bond motifs is 1. The topological polar surface area (TPSA) is 32.7 Å². The van der Waals surface area contributed by atoms with E-state index in [9.17, 15) is 4.79 Å². The van der Waals surface area contributed by atoms with Gasteiger partial charge in [0.05, 0.1) is 5.54 Å². The number of isocyanates is 1. The molecule has 17 heavy (non-hydrogen) atoms. The van der Waals surface area contributed by atoms with Gasteiger partial charge in [-0.3, -0.25) is 4.90 Å². The van der Waals surface area contributed by atoms with Crippen molar-refractivity contribution in [2.45, 2.75) is 37.9 Å². The van der Waals surface area contributed by atoms with Crippen LogP contribution >= 0.6 is 0 Å². The van der Waals surface area contributed by atoms with Crippen LogP contribution < -0.4 is 0 Å². The van der Waals surface area contributed by atoms with Crippen molar-refractivity contribution in [2.24, 2.45) is 4.99 Å². The Kier molecular flexibility index (Phi) is 2.39. The third-order valence-corrected chi connectivity index (χ3v) is 4.06. The smallest absolute Gasteiger partial charge is 0.235 e. The van der Waals surface area contributed by atoms with E-state index in [0.717, 1.165) is 32.4 Å². The molecule has 1 aliphatic heterocycles. The van der Waals surface area contributed by atoms with Gasteiger partial charge in [0.1, 0.15) is 0 Å². The predicted octanol–water partition coefficient (Wildman–Crippen LogP) is 2.35. The molecule has 3 nitrogen and oxygen atoms in total. The van der Waals surface area contributed by atoms with Crippen molar-refractivity contribution in [3.63, 3.8) is 0 Å². The van der Waals surface area contributed by atoms with E-state index >= 15 is 0 Å². The SMILES string of the molecule is CN1Cc2ccc(C3(N=C=O)CCC3)cc2C1. The first-order chi connectivity index (χ1) is 8.23. The van der Waals surface area contributed by atoms with Crippen molar-refractivity contribution < 1.29 is 4.79 Å². The zero-order chi connectivity index (χ0) is 11.9. The normalized spacial score (nSPS) is 21.5. The van der Waals surface area contributed by atoms with Gasteiger partial charge in [-0.05, 0) is 43.0 Å². The van der Waals surface area contributed by atoms with E-state index in [0.29, 0.717) is 0 Å². The molecule has 0 radical (unpaired) electrons. The van der Waals surface area contributed by atoms with E-state index < -0.39 is 0 Å². The van der Waals surface area contributed by atoms with Crippen LogP contribution in [0.15, 0.2) is 23.2 Å². The van der Waals surface area contributed by atoms with Crippen molar-refractivity contribution >= 4 is 6.08 Å². The molecule has 0 bridgehead atoms. The van der Waals surface area contributed by atoms with Gasteiger partial charge < -0.3 is 0 Å². The molecule has 0 spiro atoms. The lowest BCUT2D eigenvalue weighted by Crippen LogP contribution is -2.31. The Morgan fingerprint density at radius 1 is 1.29 bits per heavy atom. The Labute approximate surface area is 101 Å². The van der Waals surface area contributed by atoms with E-state index in [4.69, 9.17) is 0 Å². The van der Waals surface area contributed by atoms with E-state index in [1.165, 1.54) is 16.7 Å². The second-order valence-corrected chi connectivity index (χ2v) is 5.24. The molecule has 1 aromatic rings. The number of rotatable bonds is 2. The highest BCUT2D eigenvalue weighted by atomic mass is 16.1. The van der Waals surface area contributed by atoms with Crippen LogP contribution in [-0.2, 0) is 23.4 Å². The maximum absolute atomic E-state index is 10.6. The van der Waals surface area contributed by atoms with Crippen LogP contribution in [0.2, 0.25) is 0 Å². The van der Waals surface area contributed by atoms with Gasteiger partial charge in [0.2, 0.25) is 6.08 Å². The van der Waals surface area contributed by atoms with Crippen molar-refractivity contribution in [2.75, 3.05) is 7.05 Å². The number of carbonyl (C=O) groups excluding carboxylic acids is 1. The monoisotopic (exact) mass is 228 g/mol. The molecule has 1 aliphatic carbocycles. The molecule has 0 aromatic heterocycles. The fourth-order valence-electron chi connectivity index (χ4n) is 2.92. The van der Waals surface area contributed by atoms with E-state index in [2.05, 4.69) is 35.1 Å². The van der Waals surface area contributed by atoms with Crippen LogP contribution in [0, 0.1) is 0 Å². The summed E-state index contributed by atoms with van der Waals surface area (Å²) in [6.07, 6.45) is 4.87. The van der Waals surface area contributed by atoms with Crippen LogP contribution in [0.1, 0.15) is 36.0 Å². The summed E-state index contributed by atoms with van der Waals surface area (Å²) in [6, 6.07) is 6.56. The fourth-order valence-corrected chi connectivity index (χ4v) is 2.92. The highest BCUT2D eigenvalue weighted by molar-refractivity contribution is 5.43. The molecule has 2 aliphatic rings. The van der Waals surface area contributed by atoms with Crippen LogP contribution in [0.3, 0.4) is 0 Å². The number of nitrogens with zero attached hydrogens (tertiary/aromatic N) is 2. The van der Waals surface area contributed by atoms with Gasteiger partial charge >= 0.3 is 0 Å². The van der Waals surface area contributed by atoms with Gasteiger partial charge in [0.15, 0.2) is 0 Å². The third-order valence-electron chi connectivity index (χ3n) is 4.06. The molecule has 3 heteroatoms. The summed E-state index contributed by atoms with van der Waals surface area (Å²) in [6.45, 7) is 2.03. The molecule has 88 valence electrons. The first-order valence-electron chi connectivity index (χ1n) is 6.13. The van der Waals surface area contributed by atoms with Crippen LogP contribution in [0.5, 0.6) is 0 Å². The first-order valence-corrected chi connectivity index (χ1v) is 6.13. The maximum Gasteiger partial charge on any atom is 0.235 e. The lowest BCUT2D eigenvalue weighted by Gasteiger charge is -2.37. The van der Waals surface area contributed by atoms with Crippen LogP contribution in [-0.4, -0.2) is 18.0 Å². The van der Waals surface area contributed by atoms with Crippen molar-refractivity contribution in [1.29, 1.82) is 0 Å². The molecule has 0 amide bonds. The van der Waals surface area contributed by atoms with Crippen LogP contribution in [0.4, 0.5) is 0 Å². The number of hydrogen-bond donors (Lipinski definition) is 0. The average molecular weight is 228 g/mol. The molecule has 0 saturated heterocycles. The standard InChI is InChI=1S/C14H16N2O/c1-16-8-11-3-4-13(7-12(11)9-16)14(15-10-17)5-2-6-14/h3-4,7H,2,5-6,8-9H2,1H3. The number of benzene rings is 1. The van der Waals surface area contributed by atoms with Crippen molar-refractivity contribution in [3.8, 4) is 0 Å².